The maximum Gasteiger partial charge on any atom is 0.257 e. The van der Waals surface area contributed by atoms with Crippen LogP contribution in [0.4, 0.5) is 0 Å². The second-order valence-electron chi connectivity index (χ2n) is 6.46. The van der Waals surface area contributed by atoms with Gasteiger partial charge in [-0.15, -0.1) is 0 Å². The van der Waals surface area contributed by atoms with Gasteiger partial charge in [-0.05, 0) is 31.7 Å². The molecule has 1 aromatic carbocycles. The third kappa shape index (κ3) is 4.64. The monoisotopic (exact) mass is 330 g/mol. The van der Waals surface area contributed by atoms with Gasteiger partial charge < -0.3 is 14.7 Å². The van der Waals surface area contributed by atoms with Gasteiger partial charge in [0.15, 0.2) is 5.82 Å². The Hall–Kier alpha value is -2.21. The van der Waals surface area contributed by atoms with Gasteiger partial charge in [-0.2, -0.15) is 4.98 Å². The van der Waals surface area contributed by atoms with Crippen LogP contribution in [0.2, 0.25) is 0 Å². The first-order chi connectivity index (χ1) is 11.4. The van der Waals surface area contributed by atoms with Crippen LogP contribution in [0, 0.1) is 5.92 Å². The summed E-state index contributed by atoms with van der Waals surface area (Å²) < 4.78 is 5.33. The van der Waals surface area contributed by atoms with Crippen molar-refractivity contribution in [3.05, 3.63) is 35.7 Å². The molecule has 0 aliphatic carbocycles. The summed E-state index contributed by atoms with van der Waals surface area (Å²) in [4.78, 5) is 18.1. The molecule has 0 aliphatic heterocycles. The van der Waals surface area contributed by atoms with Crippen LogP contribution in [0.15, 0.2) is 28.8 Å². The SMILES string of the molecule is CNC(C)Cc1noc(-c2ccc(CN(C)C(=O)C(C)C)cc2)n1. The predicted molar refractivity (Wildman–Crippen MR) is 93.3 cm³/mol. The maximum absolute atomic E-state index is 11.9. The van der Waals surface area contributed by atoms with Crippen LogP contribution in [0.3, 0.4) is 0 Å². The smallest absolute Gasteiger partial charge is 0.257 e. The Kier molecular flexibility index (Phi) is 6.09. The van der Waals surface area contributed by atoms with Crippen LogP contribution in [0.25, 0.3) is 11.5 Å². The van der Waals surface area contributed by atoms with E-state index in [9.17, 15) is 4.79 Å². The first-order valence-corrected chi connectivity index (χ1v) is 8.24. The summed E-state index contributed by atoms with van der Waals surface area (Å²) in [6.45, 7) is 6.47. The number of amides is 1. The molecule has 1 atom stereocenters. The maximum atomic E-state index is 11.9. The zero-order valence-corrected chi connectivity index (χ0v) is 15.0. The molecule has 0 bridgehead atoms. The molecule has 1 amide bonds. The van der Waals surface area contributed by atoms with Gasteiger partial charge in [0, 0.05) is 37.5 Å². The van der Waals surface area contributed by atoms with Crippen molar-refractivity contribution in [2.24, 2.45) is 5.92 Å². The second kappa shape index (κ2) is 8.06. The van der Waals surface area contributed by atoms with Crippen molar-refractivity contribution in [2.75, 3.05) is 14.1 Å². The zero-order chi connectivity index (χ0) is 17.7. The number of carbonyl (C=O) groups excluding carboxylic acids is 1. The van der Waals surface area contributed by atoms with Crippen molar-refractivity contribution in [2.45, 2.75) is 39.8 Å². The summed E-state index contributed by atoms with van der Waals surface area (Å²) in [5.74, 6) is 1.36. The lowest BCUT2D eigenvalue weighted by molar-refractivity contribution is -0.133. The fourth-order valence-electron chi connectivity index (χ4n) is 2.38. The number of hydrogen-bond donors (Lipinski definition) is 1. The molecule has 0 saturated carbocycles. The summed E-state index contributed by atoms with van der Waals surface area (Å²) in [6, 6.07) is 8.16. The largest absolute Gasteiger partial charge is 0.341 e. The number of nitrogens with zero attached hydrogens (tertiary/aromatic N) is 3. The molecular weight excluding hydrogens is 304 g/mol. The van der Waals surface area contributed by atoms with Crippen LogP contribution < -0.4 is 5.32 Å². The van der Waals surface area contributed by atoms with E-state index in [0.29, 0.717) is 24.3 Å². The van der Waals surface area contributed by atoms with Crippen LogP contribution in [0.5, 0.6) is 0 Å². The Balaban J connectivity index is 2.03. The van der Waals surface area contributed by atoms with Crippen molar-refractivity contribution in [3.8, 4) is 11.5 Å². The summed E-state index contributed by atoms with van der Waals surface area (Å²) in [5.41, 5.74) is 1.95. The predicted octanol–water partition coefficient (Wildman–Crippen LogP) is 2.50. The number of rotatable bonds is 7. The van der Waals surface area contributed by atoms with Gasteiger partial charge in [0.25, 0.3) is 5.89 Å². The highest BCUT2D eigenvalue weighted by atomic mass is 16.5. The van der Waals surface area contributed by atoms with Crippen LogP contribution >= 0.6 is 0 Å². The van der Waals surface area contributed by atoms with E-state index in [1.807, 2.05) is 52.2 Å². The fourth-order valence-corrected chi connectivity index (χ4v) is 2.38. The number of nitrogens with one attached hydrogen (secondary N) is 1. The van der Waals surface area contributed by atoms with Crippen molar-refractivity contribution < 1.29 is 9.32 Å². The van der Waals surface area contributed by atoms with E-state index in [2.05, 4.69) is 22.4 Å². The number of benzene rings is 1. The Labute approximate surface area is 143 Å². The number of aromatic nitrogens is 2. The van der Waals surface area contributed by atoms with E-state index in [0.717, 1.165) is 17.5 Å². The minimum Gasteiger partial charge on any atom is -0.341 e. The van der Waals surface area contributed by atoms with E-state index >= 15 is 0 Å². The van der Waals surface area contributed by atoms with E-state index in [4.69, 9.17) is 4.52 Å². The van der Waals surface area contributed by atoms with Gasteiger partial charge in [0.05, 0.1) is 0 Å². The van der Waals surface area contributed by atoms with Gasteiger partial charge in [-0.25, -0.2) is 0 Å². The highest BCUT2D eigenvalue weighted by molar-refractivity contribution is 5.77. The number of likely N-dealkylation sites (N-methyl/N-ethyl adjacent to an activating group) is 1. The zero-order valence-electron chi connectivity index (χ0n) is 15.0. The first kappa shape index (κ1) is 18.1. The molecule has 1 aromatic heterocycles. The summed E-state index contributed by atoms with van der Waals surface area (Å²) in [6.07, 6.45) is 0.722. The summed E-state index contributed by atoms with van der Waals surface area (Å²) in [7, 11) is 3.73. The van der Waals surface area contributed by atoms with Gasteiger partial charge in [-0.1, -0.05) is 31.1 Å². The van der Waals surface area contributed by atoms with Crippen molar-refractivity contribution >= 4 is 5.91 Å². The van der Waals surface area contributed by atoms with Gasteiger partial charge in [0.1, 0.15) is 0 Å². The lowest BCUT2D eigenvalue weighted by atomic mass is 10.1. The fraction of sp³-hybridized carbons (Fsp3) is 0.500. The molecule has 0 aliphatic rings. The minimum atomic E-state index is 0.00564. The third-order valence-electron chi connectivity index (χ3n) is 3.94. The molecule has 0 spiro atoms. The highest BCUT2D eigenvalue weighted by Crippen LogP contribution is 2.19. The topological polar surface area (TPSA) is 71.3 Å². The quantitative estimate of drug-likeness (QED) is 0.844. The van der Waals surface area contributed by atoms with E-state index in [-0.39, 0.29) is 11.8 Å². The number of carbonyl (C=O) groups is 1. The second-order valence-corrected chi connectivity index (χ2v) is 6.46. The molecule has 2 rings (SSSR count). The minimum absolute atomic E-state index is 0.00564. The Morgan fingerprint density at radius 1 is 1.25 bits per heavy atom. The molecule has 1 heterocycles. The molecule has 6 heteroatoms. The molecule has 0 saturated heterocycles. The van der Waals surface area contributed by atoms with E-state index < -0.39 is 0 Å². The number of hydrogen-bond acceptors (Lipinski definition) is 5. The Morgan fingerprint density at radius 2 is 1.92 bits per heavy atom. The van der Waals surface area contributed by atoms with Crippen LogP contribution in [0.1, 0.15) is 32.2 Å². The molecule has 6 nitrogen and oxygen atoms in total. The lowest BCUT2D eigenvalue weighted by Crippen LogP contribution is -2.29. The van der Waals surface area contributed by atoms with E-state index in [1.165, 1.54) is 0 Å². The molecule has 130 valence electrons. The third-order valence-corrected chi connectivity index (χ3v) is 3.94. The molecule has 2 aromatic rings. The van der Waals surface area contributed by atoms with Crippen LogP contribution in [-0.2, 0) is 17.8 Å². The van der Waals surface area contributed by atoms with Crippen molar-refractivity contribution in [3.63, 3.8) is 0 Å². The lowest BCUT2D eigenvalue weighted by Gasteiger charge is -2.19. The van der Waals surface area contributed by atoms with Gasteiger partial charge >= 0.3 is 0 Å². The summed E-state index contributed by atoms with van der Waals surface area (Å²) in [5, 5.41) is 7.17. The Morgan fingerprint density at radius 3 is 2.50 bits per heavy atom. The molecule has 1 N–H and O–H groups in total. The molecule has 0 fully saturated rings. The highest BCUT2D eigenvalue weighted by Gasteiger charge is 2.14. The Bertz CT molecular complexity index is 664. The van der Waals surface area contributed by atoms with Gasteiger partial charge in [-0.3, -0.25) is 4.79 Å². The van der Waals surface area contributed by atoms with Gasteiger partial charge in [0.2, 0.25) is 5.91 Å². The average molecular weight is 330 g/mol. The van der Waals surface area contributed by atoms with Crippen LogP contribution in [-0.4, -0.2) is 41.1 Å². The first-order valence-electron chi connectivity index (χ1n) is 8.24. The van der Waals surface area contributed by atoms with E-state index in [1.54, 1.807) is 4.90 Å². The summed E-state index contributed by atoms with van der Waals surface area (Å²) >= 11 is 0. The molecule has 0 radical (unpaired) electrons. The molecule has 24 heavy (non-hydrogen) atoms. The molecular formula is C18H26N4O2. The standard InChI is InChI=1S/C18H26N4O2/c1-12(2)18(23)22(5)11-14-6-8-15(9-7-14)17-20-16(21-24-17)10-13(3)19-4/h6-9,12-13,19H,10-11H2,1-5H3. The van der Waals surface area contributed by atoms with Crippen molar-refractivity contribution in [1.29, 1.82) is 0 Å². The average Bonchev–Trinajstić information content (AvgIpc) is 3.02. The molecule has 1 unspecified atom stereocenters. The van der Waals surface area contributed by atoms with Crippen molar-refractivity contribution in [1.82, 2.24) is 20.4 Å². The normalized spacial score (nSPS) is 12.4.